The van der Waals surface area contributed by atoms with Gasteiger partial charge in [0.1, 0.15) is 0 Å². The van der Waals surface area contributed by atoms with Crippen LogP contribution in [-0.4, -0.2) is 41.8 Å². The van der Waals surface area contributed by atoms with Gasteiger partial charge in [-0.05, 0) is 31.5 Å². The maximum Gasteiger partial charge on any atom is 0.230 e. The van der Waals surface area contributed by atoms with Gasteiger partial charge in [0.25, 0.3) is 0 Å². The number of aromatic nitrogens is 2. The number of aryl methyl sites for hydroxylation is 1. The van der Waals surface area contributed by atoms with Gasteiger partial charge < -0.3 is 9.32 Å². The van der Waals surface area contributed by atoms with Gasteiger partial charge in [0.15, 0.2) is 0 Å². The van der Waals surface area contributed by atoms with E-state index in [9.17, 15) is 0 Å². The summed E-state index contributed by atoms with van der Waals surface area (Å²) in [6.07, 6.45) is 1.24. The van der Waals surface area contributed by atoms with Crippen molar-refractivity contribution in [2.24, 2.45) is 5.92 Å². The van der Waals surface area contributed by atoms with Gasteiger partial charge in [0.2, 0.25) is 11.8 Å². The van der Waals surface area contributed by atoms with Crippen molar-refractivity contribution in [3.8, 4) is 0 Å². The summed E-state index contributed by atoms with van der Waals surface area (Å²) in [6.45, 7) is 5.87. The Morgan fingerprint density at radius 2 is 2.10 bits per heavy atom. The van der Waals surface area contributed by atoms with Crippen LogP contribution in [0.25, 0.3) is 0 Å². The Morgan fingerprint density at radius 1 is 1.29 bits per heavy atom. The predicted octanol–water partition coefficient (Wildman–Crippen LogP) is 2.34. The lowest BCUT2D eigenvalue weighted by molar-refractivity contribution is 0.251. The summed E-state index contributed by atoms with van der Waals surface area (Å²) in [5.74, 6) is 2.03. The van der Waals surface area contributed by atoms with Crippen molar-refractivity contribution in [3.05, 3.63) is 42.1 Å². The fourth-order valence-electron chi connectivity index (χ4n) is 2.99. The smallest absolute Gasteiger partial charge is 0.230 e. The first-order valence-electron chi connectivity index (χ1n) is 7.48. The molecule has 5 nitrogen and oxygen atoms in total. The van der Waals surface area contributed by atoms with Crippen LogP contribution in [0, 0.1) is 12.8 Å². The Bertz CT molecular complexity index is 569. The lowest BCUT2D eigenvalue weighted by Gasteiger charge is -2.21. The average Bonchev–Trinajstić information content (AvgIpc) is 3.09. The van der Waals surface area contributed by atoms with Crippen molar-refractivity contribution >= 4 is 5.69 Å². The quantitative estimate of drug-likeness (QED) is 0.844. The molecule has 1 fully saturated rings. The second kappa shape index (κ2) is 6.26. The van der Waals surface area contributed by atoms with Crippen LogP contribution in [0.4, 0.5) is 5.69 Å². The number of benzene rings is 1. The highest BCUT2D eigenvalue weighted by Crippen LogP contribution is 2.24. The first-order valence-corrected chi connectivity index (χ1v) is 7.48. The molecule has 1 saturated heterocycles. The zero-order valence-electron chi connectivity index (χ0n) is 12.7. The second-order valence-corrected chi connectivity index (χ2v) is 5.85. The molecule has 3 rings (SSSR count). The minimum Gasteiger partial charge on any atom is -0.424 e. The van der Waals surface area contributed by atoms with Gasteiger partial charge in [-0.25, -0.2) is 0 Å². The SMILES string of the molecule is Cc1nnc(CN(C)C[C@@H]2CCN(c3ccccc3)C2)o1. The molecule has 0 bridgehead atoms. The van der Waals surface area contributed by atoms with E-state index in [0.29, 0.717) is 17.7 Å². The van der Waals surface area contributed by atoms with Gasteiger partial charge in [-0.3, -0.25) is 4.90 Å². The third-order valence-electron chi connectivity index (χ3n) is 3.95. The molecule has 0 radical (unpaired) electrons. The molecule has 1 aromatic heterocycles. The van der Waals surface area contributed by atoms with Crippen molar-refractivity contribution in [1.82, 2.24) is 15.1 Å². The molecule has 21 heavy (non-hydrogen) atoms. The van der Waals surface area contributed by atoms with Gasteiger partial charge in [-0.15, -0.1) is 10.2 Å². The first kappa shape index (κ1) is 14.1. The Labute approximate surface area is 125 Å². The fraction of sp³-hybridized carbons (Fsp3) is 0.500. The van der Waals surface area contributed by atoms with E-state index in [-0.39, 0.29) is 0 Å². The molecule has 0 spiro atoms. The second-order valence-electron chi connectivity index (χ2n) is 5.85. The van der Waals surface area contributed by atoms with Crippen LogP contribution >= 0.6 is 0 Å². The van der Waals surface area contributed by atoms with Crippen molar-refractivity contribution < 1.29 is 4.42 Å². The van der Waals surface area contributed by atoms with E-state index < -0.39 is 0 Å². The van der Waals surface area contributed by atoms with E-state index in [1.807, 2.05) is 6.92 Å². The van der Waals surface area contributed by atoms with Crippen LogP contribution in [0.2, 0.25) is 0 Å². The molecule has 0 N–H and O–H groups in total. The highest BCUT2D eigenvalue weighted by molar-refractivity contribution is 5.46. The summed E-state index contributed by atoms with van der Waals surface area (Å²) in [6, 6.07) is 10.7. The van der Waals surface area contributed by atoms with Crippen molar-refractivity contribution in [2.45, 2.75) is 19.9 Å². The molecule has 2 heterocycles. The van der Waals surface area contributed by atoms with Crippen LogP contribution in [0.1, 0.15) is 18.2 Å². The van der Waals surface area contributed by atoms with Crippen molar-refractivity contribution in [3.63, 3.8) is 0 Å². The Hall–Kier alpha value is -1.88. The maximum atomic E-state index is 5.43. The summed E-state index contributed by atoms with van der Waals surface area (Å²) < 4.78 is 5.43. The number of hydrogen-bond donors (Lipinski definition) is 0. The molecule has 2 aromatic rings. The third-order valence-corrected chi connectivity index (χ3v) is 3.95. The summed E-state index contributed by atoms with van der Waals surface area (Å²) in [5.41, 5.74) is 1.33. The molecule has 0 saturated carbocycles. The van der Waals surface area contributed by atoms with Crippen molar-refractivity contribution in [1.29, 1.82) is 0 Å². The minimum atomic E-state index is 0.634. The molecule has 112 valence electrons. The molecule has 5 heteroatoms. The molecule has 0 amide bonds. The lowest BCUT2D eigenvalue weighted by atomic mass is 10.1. The number of nitrogens with zero attached hydrogens (tertiary/aromatic N) is 4. The topological polar surface area (TPSA) is 45.4 Å². The van der Waals surface area contributed by atoms with Crippen molar-refractivity contribution in [2.75, 3.05) is 31.6 Å². The normalized spacial score (nSPS) is 18.6. The maximum absolute atomic E-state index is 5.43. The van der Waals surface area contributed by atoms with Crippen LogP contribution in [-0.2, 0) is 6.54 Å². The summed E-state index contributed by atoms with van der Waals surface area (Å²) in [7, 11) is 2.12. The Morgan fingerprint density at radius 3 is 2.81 bits per heavy atom. The monoisotopic (exact) mass is 286 g/mol. The van der Waals surface area contributed by atoms with Crippen LogP contribution in [0.3, 0.4) is 0 Å². The molecule has 1 aliphatic rings. The summed E-state index contributed by atoms with van der Waals surface area (Å²) >= 11 is 0. The average molecular weight is 286 g/mol. The highest BCUT2D eigenvalue weighted by Gasteiger charge is 2.24. The van der Waals surface area contributed by atoms with E-state index in [4.69, 9.17) is 4.42 Å². The van der Waals surface area contributed by atoms with Gasteiger partial charge in [-0.1, -0.05) is 18.2 Å². The van der Waals surface area contributed by atoms with E-state index in [1.165, 1.54) is 12.1 Å². The standard InChI is InChI=1S/C16H22N4O/c1-13-17-18-16(21-13)12-19(2)10-14-8-9-20(11-14)15-6-4-3-5-7-15/h3-7,14H,8-12H2,1-2H3/t14-/m0/s1. The Kier molecular flexibility index (Phi) is 4.20. The number of hydrogen-bond acceptors (Lipinski definition) is 5. The van der Waals surface area contributed by atoms with E-state index in [2.05, 4.69) is 57.4 Å². The predicted molar refractivity (Wildman–Crippen MR) is 82.1 cm³/mol. The molecule has 0 unspecified atom stereocenters. The lowest BCUT2D eigenvalue weighted by Crippen LogP contribution is -2.28. The Balaban J connectivity index is 1.50. The zero-order chi connectivity index (χ0) is 14.7. The van der Waals surface area contributed by atoms with Gasteiger partial charge in [0.05, 0.1) is 6.54 Å². The molecular weight excluding hydrogens is 264 g/mol. The fourth-order valence-corrected chi connectivity index (χ4v) is 2.99. The third kappa shape index (κ3) is 3.61. The van der Waals surface area contributed by atoms with E-state index in [1.54, 1.807) is 0 Å². The van der Waals surface area contributed by atoms with E-state index in [0.717, 1.165) is 26.2 Å². The number of para-hydroxylation sites is 1. The molecule has 1 aliphatic heterocycles. The first-order chi connectivity index (χ1) is 10.2. The minimum absolute atomic E-state index is 0.634. The van der Waals surface area contributed by atoms with Crippen LogP contribution in [0.15, 0.2) is 34.7 Å². The molecular formula is C16H22N4O. The number of rotatable bonds is 5. The van der Waals surface area contributed by atoms with Gasteiger partial charge in [0, 0.05) is 32.2 Å². The van der Waals surface area contributed by atoms with Gasteiger partial charge >= 0.3 is 0 Å². The number of anilines is 1. The van der Waals surface area contributed by atoms with Crippen LogP contribution in [0.5, 0.6) is 0 Å². The summed E-state index contributed by atoms with van der Waals surface area (Å²) in [4.78, 5) is 4.74. The molecule has 1 aromatic carbocycles. The van der Waals surface area contributed by atoms with Crippen LogP contribution < -0.4 is 4.90 Å². The molecule has 0 aliphatic carbocycles. The van der Waals surface area contributed by atoms with E-state index >= 15 is 0 Å². The summed E-state index contributed by atoms with van der Waals surface area (Å²) in [5, 5.41) is 7.93. The molecule has 1 atom stereocenters. The van der Waals surface area contributed by atoms with Gasteiger partial charge in [-0.2, -0.15) is 0 Å². The largest absolute Gasteiger partial charge is 0.424 e. The zero-order valence-corrected chi connectivity index (χ0v) is 12.7. The highest BCUT2D eigenvalue weighted by atomic mass is 16.4.